The zero-order valence-electron chi connectivity index (χ0n) is 19.7. The lowest BCUT2D eigenvalue weighted by Crippen LogP contribution is -2.71. The van der Waals surface area contributed by atoms with Gasteiger partial charge >= 0.3 is 5.97 Å². The van der Waals surface area contributed by atoms with Crippen LogP contribution in [-0.2, 0) is 28.8 Å². The van der Waals surface area contributed by atoms with E-state index in [0.29, 0.717) is 34.4 Å². The zero-order valence-corrected chi connectivity index (χ0v) is 23.0. The molecule has 4 heterocycles. The molecule has 1 unspecified atom stereocenters. The first kappa shape index (κ1) is 28.0. The van der Waals surface area contributed by atoms with Crippen LogP contribution in [0, 0.1) is 0 Å². The fourth-order valence-corrected chi connectivity index (χ4v) is 7.06. The summed E-state index contributed by atoms with van der Waals surface area (Å²) < 4.78 is 5.88. The molecule has 38 heavy (non-hydrogen) atoms. The van der Waals surface area contributed by atoms with Crippen molar-refractivity contribution in [2.75, 3.05) is 36.6 Å². The number of fused-ring (bicyclic) bond motifs is 1. The predicted molar refractivity (Wildman–Crippen MR) is 141 cm³/mol. The van der Waals surface area contributed by atoms with Gasteiger partial charge in [-0.15, -0.1) is 33.3 Å². The number of aromatic nitrogens is 3. The molecule has 0 spiro atoms. The number of hydrogen-bond donors (Lipinski definition) is 3. The minimum Gasteiger partial charge on any atom is -0.477 e. The number of anilines is 1. The summed E-state index contributed by atoms with van der Waals surface area (Å²) in [5.41, 5.74) is 2.01. The second-order valence-electron chi connectivity index (χ2n) is 7.38. The van der Waals surface area contributed by atoms with Crippen LogP contribution in [0.15, 0.2) is 31.7 Å². The Hall–Kier alpha value is -3.06. The first-order chi connectivity index (χ1) is 18.4. The summed E-state index contributed by atoms with van der Waals surface area (Å²) in [4.78, 5) is 59.5. The molecule has 18 heteroatoms. The van der Waals surface area contributed by atoms with Crippen LogP contribution in [0.4, 0.5) is 5.13 Å². The van der Waals surface area contributed by atoms with E-state index in [9.17, 15) is 24.3 Å². The van der Waals surface area contributed by atoms with Gasteiger partial charge in [0, 0.05) is 23.5 Å². The number of oxime groups is 1. The Labute approximate surface area is 232 Å². The van der Waals surface area contributed by atoms with E-state index in [0.717, 1.165) is 11.3 Å². The molecule has 3 N–H and O–H groups in total. The number of hydrogen-bond acceptors (Lipinski definition) is 14. The minimum atomic E-state index is -1.22. The van der Waals surface area contributed by atoms with Crippen LogP contribution in [0.3, 0.4) is 0 Å². The number of thiazole rings is 1. The maximum Gasteiger partial charge on any atom is 0.352 e. The number of nitrogens with one attached hydrogen (secondary N) is 2. The van der Waals surface area contributed by atoms with Gasteiger partial charge in [0.2, 0.25) is 6.41 Å². The summed E-state index contributed by atoms with van der Waals surface area (Å²) in [6.45, 7) is 2.64. The number of carbonyl (C=O) groups excluding carboxylic acids is 3. The monoisotopic (exact) mass is 599 g/mol. The SMILES string of the molecule is CCOCCON=C(C(=O)NC1C(=O)N2C(C(=O)O)=C(CSc3nncs3)CS[C@@H]12)c1csc(NC=O)n1. The number of amides is 3. The topological polar surface area (TPSA) is 185 Å². The molecule has 1 fully saturated rings. The molecule has 2 aromatic rings. The molecule has 14 nitrogen and oxygen atoms in total. The number of rotatable bonds is 14. The smallest absolute Gasteiger partial charge is 0.352 e. The van der Waals surface area contributed by atoms with Gasteiger partial charge in [-0.1, -0.05) is 28.3 Å². The van der Waals surface area contributed by atoms with E-state index in [1.807, 2.05) is 6.92 Å². The molecule has 0 aromatic carbocycles. The fourth-order valence-electron chi connectivity index (χ4n) is 3.43. The third-order valence-corrected chi connectivity index (χ3v) is 9.13. The van der Waals surface area contributed by atoms with E-state index < -0.39 is 29.2 Å². The lowest BCUT2D eigenvalue weighted by atomic mass is 10.0. The molecule has 2 aliphatic heterocycles. The highest BCUT2D eigenvalue weighted by Gasteiger charge is 2.54. The molecular weight excluding hydrogens is 579 g/mol. The fraction of sp³-hybridized carbons (Fsp3) is 0.400. The normalized spacial score (nSPS) is 19.0. The highest BCUT2D eigenvalue weighted by Crippen LogP contribution is 2.41. The van der Waals surface area contributed by atoms with E-state index in [1.165, 1.54) is 45.1 Å². The van der Waals surface area contributed by atoms with E-state index in [-0.39, 0.29) is 35.4 Å². The number of carboxylic acid groups (broad SMARTS) is 1. The van der Waals surface area contributed by atoms with E-state index in [2.05, 4.69) is 31.0 Å². The van der Waals surface area contributed by atoms with Crippen molar-refractivity contribution in [2.24, 2.45) is 5.16 Å². The maximum atomic E-state index is 13.2. The van der Waals surface area contributed by atoms with Crippen LogP contribution in [0.25, 0.3) is 0 Å². The summed E-state index contributed by atoms with van der Waals surface area (Å²) in [7, 11) is 0. The average molecular weight is 600 g/mol. The molecule has 0 bridgehead atoms. The average Bonchev–Trinajstić information content (AvgIpc) is 3.60. The zero-order chi connectivity index (χ0) is 27.1. The highest BCUT2D eigenvalue weighted by atomic mass is 32.2. The maximum absolute atomic E-state index is 13.2. The molecule has 4 rings (SSSR count). The quantitative estimate of drug-likeness (QED) is 0.0695. The van der Waals surface area contributed by atoms with Crippen molar-refractivity contribution in [1.29, 1.82) is 0 Å². The van der Waals surface area contributed by atoms with Gasteiger partial charge in [-0.25, -0.2) is 9.78 Å². The summed E-state index contributed by atoms with van der Waals surface area (Å²) in [6.07, 6.45) is 0.453. The van der Waals surface area contributed by atoms with Crippen molar-refractivity contribution in [3.05, 3.63) is 27.9 Å². The lowest BCUT2D eigenvalue weighted by Gasteiger charge is -2.49. The Kier molecular flexibility index (Phi) is 9.67. The van der Waals surface area contributed by atoms with Crippen LogP contribution in [0.2, 0.25) is 0 Å². The first-order valence-electron chi connectivity index (χ1n) is 11.0. The first-order valence-corrected chi connectivity index (χ1v) is 14.8. The largest absolute Gasteiger partial charge is 0.477 e. The van der Waals surface area contributed by atoms with Gasteiger partial charge in [0.05, 0.1) is 6.61 Å². The Morgan fingerprint density at radius 1 is 1.37 bits per heavy atom. The van der Waals surface area contributed by atoms with Gasteiger partial charge in [0.25, 0.3) is 11.8 Å². The third kappa shape index (κ3) is 6.32. The molecular formula is C20H21N7O7S4. The van der Waals surface area contributed by atoms with Crippen LogP contribution in [-0.4, -0.2) is 97.8 Å². The molecule has 2 aromatic heterocycles. The van der Waals surface area contributed by atoms with Crippen LogP contribution >= 0.6 is 46.2 Å². The Morgan fingerprint density at radius 2 is 2.21 bits per heavy atom. The van der Waals surface area contributed by atoms with Crippen molar-refractivity contribution in [3.63, 3.8) is 0 Å². The molecule has 0 radical (unpaired) electrons. The number of nitrogens with zero attached hydrogens (tertiary/aromatic N) is 5. The van der Waals surface area contributed by atoms with Crippen molar-refractivity contribution < 1.29 is 33.9 Å². The Morgan fingerprint density at radius 3 is 2.92 bits per heavy atom. The van der Waals surface area contributed by atoms with Gasteiger partial charge in [-0.2, -0.15) is 0 Å². The number of thioether (sulfide) groups is 2. The number of aliphatic carboxylic acids is 1. The van der Waals surface area contributed by atoms with Gasteiger partial charge in [0.15, 0.2) is 15.2 Å². The molecule has 1 saturated heterocycles. The van der Waals surface area contributed by atoms with Crippen LogP contribution in [0.1, 0.15) is 12.6 Å². The van der Waals surface area contributed by atoms with Gasteiger partial charge < -0.3 is 25.3 Å². The molecule has 2 aliphatic rings. The summed E-state index contributed by atoms with van der Waals surface area (Å²) in [5.74, 6) is -1.80. The summed E-state index contributed by atoms with van der Waals surface area (Å²) >= 11 is 5.11. The van der Waals surface area contributed by atoms with E-state index in [1.54, 1.807) is 5.51 Å². The van der Waals surface area contributed by atoms with Crippen molar-refractivity contribution >= 4 is 81.2 Å². The Balaban J connectivity index is 1.47. The predicted octanol–water partition coefficient (Wildman–Crippen LogP) is 0.851. The second kappa shape index (κ2) is 13.1. The highest BCUT2D eigenvalue weighted by molar-refractivity contribution is 8.01. The number of carboxylic acids is 1. The van der Waals surface area contributed by atoms with Gasteiger partial charge in [-0.3, -0.25) is 19.3 Å². The standard InChI is InChI=1S/C20H21N7O7S4/c1-2-33-3-4-34-26-12(11-7-36-19(23-11)21-8-28)15(29)24-13-16(30)27-14(18(31)32)10(5-35-17(13)27)6-37-20-25-22-9-38-20/h7-9,13,17H,2-6H2,1H3,(H,24,29)(H,31,32)(H,21,23,28)/t13?,17-/m0/s1. The molecule has 3 amide bonds. The summed E-state index contributed by atoms with van der Waals surface area (Å²) in [6, 6.07) is -0.973. The van der Waals surface area contributed by atoms with Gasteiger partial charge in [-0.05, 0) is 12.5 Å². The number of ether oxygens (including phenoxy) is 1. The molecule has 2 atom stereocenters. The third-order valence-electron chi connectivity index (χ3n) is 5.07. The van der Waals surface area contributed by atoms with Gasteiger partial charge in [0.1, 0.15) is 34.9 Å². The van der Waals surface area contributed by atoms with Crippen LogP contribution < -0.4 is 10.6 Å². The van der Waals surface area contributed by atoms with Crippen molar-refractivity contribution in [1.82, 2.24) is 25.4 Å². The number of carbonyl (C=O) groups is 4. The number of β-lactam (4-membered cyclic amide) rings is 1. The summed E-state index contributed by atoms with van der Waals surface area (Å²) in [5, 5.41) is 27.6. The van der Waals surface area contributed by atoms with Crippen LogP contribution in [0.5, 0.6) is 0 Å². The Bertz CT molecular complexity index is 1250. The van der Waals surface area contributed by atoms with Crippen molar-refractivity contribution in [2.45, 2.75) is 22.7 Å². The lowest BCUT2D eigenvalue weighted by molar-refractivity contribution is -0.150. The molecule has 0 saturated carbocycles. The van der Waals surface area contributed by atoms with Crippen molar-refractivity contribution in [3.8, 4) is 0 Å². The minimum absolute atomic E-state index is 0.0768. The second-order valence-corrected chi connectivity index (χ2v) is 11.4. The van der Waals surface area contributed by atoms with E-state index in [4.69, 9.17) is 9.57 Å². The molecule has 0 aliphatic carbocycles. The molecule has 202 valence electrons. The van der Waals surface area contributed by atoms with E-state index >= 15 is 0 Å².